The molecule has 28 heavy (non-hydrogen) atoms. The van der Waals surface area contributed by atoms with E-state index in [2.05, 4.69) is 20.9 Å². The minimum atomic E-state index is -0.861. The van der Waals surface area contributed by atoms with Crippen LogP contribution in [0.5, 0.6) is 0 Å². The zero-order chi connectivity index (χ0) is 19.9. The number of carbonyl (C=O) groups excluding carboxylic acids is 2. The number of esters is 1. The van der Waals surface area contributed by atoms with Crippen LogP contribution < -0.4 is 4.35 Å². The van der Waals surface area contributed by atoms with E-state index in [0.717, 1.165) is 19.5 Å². The Labute approximate surface area is 182 Å². The molecule has 0 atom stereocenters. The third-order valence-electron chi connectivity index (χ3n) is 3.82. The number of benzene rings is 2. The molecule has 0 aliphatic rings. The number of methoxy groups -OCH3 is 1. The van der Waals surface area contributed by atoms with E-state index in [1.54, 1.807) is 30.2 Å². The first-order valence-corrected chi connectivity index (χ1v) is 12.0. The van der Waals surface area contributed by atoms with Gasteiger partial charge >= 0.3 is 184 Å². The number of hydrogen-bond acceptors (Lipinski definition) is 5. The number of nitrogens with zero attached hydrogens (tertiary/aromatic N) is 1. The van der Waals surface area contributed by atoms with Gasteiger partial charge in [0.2, 0.25) is 0 Å². The molecule has 1 radical (unpaired) electrons. The van der Waals surface area contributed by atoms with E-state index < -0.39 is 21.7 Å². The zero-order valence-corrected chi connectivity index (χ0v) is 19.2. The SMILES string of the molecule is COC(=O)c1cc(Br)ccc1[As]C(=O)c1cccc(SCc2ccncc2)c1. The Kier molecular flexibility index (Phi) is 7.49. The predicted molar refractivity (Wildman–Crippen MR) is 115 cm³/mol. The van der Waals surface area contributed by atoms with Gasteiger partial charge in [0.1, 0.15) is 0 Å². The molecule has 0 bridgehead atoms. The van der Waals surface area contributed by atoms with Crippen LogP contribution in [0.3, 0.4) is 0 Å². The summed E-state index contributed by atoms with van der Waals surface area (Å²) in [5.41, 5.74) is 2.28. The summed E-state index contributed by atoms with van der Waals surface area (Å²) in [6.45, 7) is 0. The van der Waals surface area contributed by atoms with Gasteiger partial charge in [-0.05, 0) is 0 Å². The van der Waals surface area contributed by atoms with E-state index in [-0.39, 0.29) is 4.57 Å². The Bertz CT molecular complexity index is 998. The average Bonchev–Trinajstić information content (AvgIpc) is 2.74. The Morgan fingerprint density at radius 2 is 1.89 bits per heavy atom. The molecule has 0 fully saturated rings. The summed E-state index contributed by atoms with van der Waals surface area (Å²) in [6.07, 6.45) is 3.55. The second-order valence-electron chi connectivity index (χ2n) is 5.74. The molecule has 4 nitrogen and oxygen atoms in total. The molecule has 3 aromatic rings. The van der Waals surface area contributed by atoms with Crippen molar-refractivity contribution in [3.8, 4) is 0 Å². The summed E-state index contributed by atoms with van der Waals surface area (Å²) in [6, 6.07) is 17.0. The summed E-state index contributed by atoms with van der Waals surface area (Å²) in [4.78, 5) is 29.9. The van der Waals surface area contributed by atoms with Crippen LogP contribution in [0.1, 0.15) is 26.3 Å². The first kappa shape index (κ1) is 20.8. The van der Waals surface area contributed by atoms with Crippen LogP contribution in [0.2, 0.25) is 0 Å². The second kappa shape index (κ2) is 10.1. The van der Waals surface area contributed by atoms with Gasteiger partial charge in [0.15, 0.2) is 0 Å². The van der Waals surface area contributed by atoms with Gasteiger partial charge in [0.25, 0.3) is 0 Å². The molecule has 0 saturated carbocycles. The van der Waals surface area contributed by atoms with Crippen molar-refractivity contribution in [3.05, 3.63) is 88.2 Å². The molecule has 141 valence electrons. The van der Waals surface area contributed by atoms with Crippen molar-refractivity contribution in [2.75, 3.05) is 7.11 Å². The molecular formula is C21H16AsBrNO3S. The molecule has 2 aromatic carbocycles. The summed E-state index contributed by atoms with van der Waals surface area (Å²) in [7, 11) is 1.34. The molecule has 0 spiro atoms. The first-order valence-electron chi connectivity index (χ1n) is 8.32. The minimum absolute atomic E-state index is 0.0510. The van der Waals surface area contributed by atoms with Crippen LogP contribution in [0.15, 0.2) is 76.4 Å². The Morgan fingerprint density at radius 3 is 2.64 bits per heavy atom. The van der Waals surface area contributed by atoms with Gasteiger partial charge < -0.3 is 0 Å². The number of aromatic nitrogens is 1. The topological polar surface area (TPSA) is 56.3 Å². The quantitative estimate of drug-likeness (QED) is 0.269. The first-order chi connectivity index (χ1) is 13.6. The van der Waals surface area contributed by atoms with E-state index in [9.17, 15) is 9.59 Å². The molecule has 3 rings (SSSR count). The fourth-order valence-electron chi connectivity index (χ4n) is 2.42. The van der Waals surface area contributed by atoms with E-state index in [4.69, 9.17) is 4.74 Å². The number of halogens is 1. The molecule has 0 N–H and O–H groups in total. The molecular weight excluding hydrogens is 501 g/mol. The van der Waals surface area contributed by atoms with E-state index >= 15 is 0 Å². The summed E-state index contributed by atoms with van der Waals surface area (Å²) < 4.78 is 6.42. The van der Waals surface area contributed by atoms with Gasteiger partial charge in [-0.15, -0.1) is 0 Å². The number of rotatable bonds is 7. The number of carbonyl (C=O) groups is 2. The van der Waals surface area contributed by atoms with Crippen molar-refractivity contribution in [1.29, 1.82) is 0 Å². The van der Waals surface area contributed by atoms with Crippen molar-refractivity contribution in [2.45, 2.75) is 10.6 Å². The Hall–Kier alpha value is -1.88. The van der Waals surface area contributed by atoms with Crippen LogP contribution in [0, 0.1) is 0 Å². The van der Waals surface area contributed by atoms with Crippen LogP contribution in [-0.2, 0) is 10.5 Å². The normalized spacial score (nSPS) is 10.9. The molecule has 7 heteroatoms. The van der Waals surface area contributed by atoms with Gasteiger partial charge in [0.05, 0.1) is 0 Å². The fraction of sp³-hybridized carbons (Fsp3) is 0.0952. The van der Waals surface area contributed by atoms with Crippen LogP contribution in [-0.4, -0.2) is 38.4 Å². The van der Waals surface area contributed by atoms with Crippen molar-refractivity contribution < 1.29 is 14.3 Å². The molecule has 0 aliphatic carbocycles. The Balaban J connectivity index is 1.74. The molecule has 0 amide bonds. The van der Waals surface area contributed by atoms with Crippen molar-refractivity contribution >= 4 is 58.3 Å². The molecule has 0 aliphatic heterocycles. The molecule has 1 aromatic heterocycles. The van der Waals surface area contributed by atoms with Gasteiger partial charge in [0, 0.05) is 0 Å². The van der Waals surface area contributed by atoms with Crippen molar-refractivity contribution in [2.24, 2.45) is 0 Å². The van der Waals surface area contributed by atoms with E-state index in [0.29, 0.717) is 11.1 Å². The van der Waals surface area contributed by atoms with Gasteiger partial charge in [-0.1, -0.05) is 0 Å². The number of hydrogen-bond donors (Lipinski definition) is 0. The van der Waals surface area contributed by atoms with Crippen molar-refractivity contribution in [1.82, 2.24) is 4.98 Å². The maximum atomic E-state index is 12.8. The van der Waals surface area contributed by atoms with E-state index in [1.165, 1.54) is 12.7 Å². The maximum absolute atomic E-state index is 12.8. The van der Waals surface area contributed by atoms with Gasteiger partial charge in [-0.3, -0.25) is 0 Å². The third kappa shape index (κ3) is 5.57. The van der Waals surface area contributed by atoms with Crippen LogP contribution >= 0.6 is 27.7 Å². The number of thioether (sulfide) groups is 1. The molecule has 0 unspecified atom stereocenters. The van der Waals surface area contributed by atoms with Crippen molar-refractivity contribution in [3.63, 3.8) is 0 Å². The number of ether oxygens (including phenoxy) is 1. The number of pyridine rings is 1. The average molecular weight is 517 g/mol. The Morgan fingerprint density at radius 1 is 1.11 bits per heavy atom. The fourth-order valence-corrected chi connectivity index (χ4v) is 5.60. The third-order valence-corrected chi connectivity index (χ3v) is 7.67. The van der Waals surface area contributed by atoms with Gasteiger partial charge in [-0.25, -0.2) is 0 Å². The summed E-state index contributed by atoms with van der Waals surface area (Å²) >= 11 is 4.18. The zero-order valence-electron chi connectivity index (χ0n) is 15.0. The van der Waals surface area contributed by atoms with Gasteiger partial charge in [-0.2, -0.15) is 0 Å². The van der Waals surface area contributed by atoms with Crippen LogP contribution in [0.25, 0.3) is 0 Å². The van der Waals surface area contributed by atoms with E-state index in [1.807, 2.05) is 48.5 Å². The summed E-state index contributed by atoms with van der Waals surface area (Å²) in [5.74, 6) is 0.383. The monoisotopic (exact) mass is 516 g/mol. The summed E-state index contributed by atoms with van der Waals surface area (Å²) in [5, 5.41) is 0. The predicted octanol–water partition coefficient (Wildman–Crippen LogP) is 4.09. The molecule has 1 heterocycles. The molecule has 0 saturated heterocycles. The second-order valence-corrected chi connectivity index (χ2v) is 10.0. The van der Waals surface area contributed by atoms with Crippen LogP contribution in [0.4, 0.5) is 0 Å². The standard InChI is InChI=1S/C21H16AsBrNO3S/c1-27-21(26)18-12-16(23)5-6-19(18)22-20(25)15-3-2-4-17(11-15)28-13-14-7-9-24-10-8-14/h2-12H,13H2,1H3.